The summed E-state index contributed by atoms with van der Waals surface area (Å²) in [5.41, 5.74) is 2.81. The summed E-state index contributed by atoms with van der Waals surface area (Å²) in [6.07, 6.45) is 5.79. The fourth-order valence-electron chi connectivity index (χ4n) is 3.51. The molecule has 1 saturated carbocycles. The Hall–Kier alpha value is -0.860. The second-order valence-electron chi connectivity index (χ2n) is 6.24. The van der Waals surface area contributed by atoms with E-state index in [1.54, 1.807) is 0 Å². The summed E-state index contributed by atoms with van der Waals surface area (Å²) in [7, 11) is 0. The molecule has 0 unspecified atom stereocenters. The average molecular weight is 258 g/mol. The maximum absolute atomic E-state index is 2.73. The third-order valence-corrected chi connectivity index (χ3v) is 4.77. The summed E-state index contributed by atoms with van der Waals surface area (Å²) >= 11 is 0. The first-order valence-electron chi connectivity index (χ1n) is 7.83. The van der Waals surface area contributed by atoms with E-state index in [0.29, 0.717) is 0 Å². The Morgan fingerprint density at radius 1 is 0.947 bits per heavy atom. The molecule has 104 valence electrons. The second kappa shape index (κ2) is 6.06. The topological polar surface area (TPSA) is 6.48 Å². The molecule has 0 atom stereocenters. The van der Waals surface area contributed by atoms with Crippen LogP contribution < -0.4 is 0 Å². The highest BCUT2D eigenvalue weighted by molar-refractivity contribution is 5.21. The van der Waals surface area contributed by atoms with Crippen molar-refractivity contribution in [3.05, 3.63) is 35.4 Å². The zero-order chi connectivity index (χ0) is 13.1. The molecule has 0 spiro atoms. The van der Waals surface area contributed by atoms with Gasteiger partial charge in [0.05, 0.1) is 0 Å². The van der Waals surface area contributed by atoms with Crippen LogP contribution in [0.3, 0.4) is 0 Å². The Morgan fingerprint density at radius 3 is 2.21 bits per heavy atom. The van der Waals surface area contributed by atoms with Crippen LogP contribution in [0.15, 0.2) is 24.3 Å². The molecule has 1 aromatic rings. The normalized spacial score (nSPS) is 23.0. The molecule has 0 bridgehead atoms. The first-order valence-corrected chi connectivity index (χ1v) is 7.83. The van der Waals surface area contributed by atoms with E-state index in [9.17, 15) is 0 Å². The summed E-state index contributed by atoms with van der Waals surface area (Å²) in [6, 6.07) is 9.91. The molecular formula is C17H26N2. The Bertz CT molecular complexity index is 384. The van der Waals surface area contributed by atoms with Crippen molar-refractivity contribution < 1.29 is 0 Å². The van der Waals surface area contributed by atoms with E-state index in [2.05, 4.69) is 41.0 Å². The minimum absolute atomic E-state index is 0.904. The first kappa shape index (κ1) is 13.1. The Morgan fingerprint density at radius 2 is 1.58 bits per heavy atom. The molecule has 2 aliphatic rings. The van der Waals surface area contributed by atoms with Crippen LogP contribution in [0.25, 0.3) is 0 Å². The molecule has 2 fully saturated rings. The van der Waals surface area contributed by atoms with Crippen molar-refractivity contribution >= 4 is 0 Å². The van der Waals surface area contributed by atoms with Crippen molar-refractivity contribution in [1.82, 2.24) is 9.80 Å². The molecule has 0 radical (unpaired) electrons. The Balaban J connectivity index is 1.48. The SMILES string of the molecule is Cc1ccc(CN2CCN(C3CCCC3)CC2)cc1. The lowest BCUT2D eigenvalue weighted by Crippen LogP contribution is -2.49. The van der Waals surface area contributed by atoms with Crippen molar-refractivity contribution in [2.75, 3.05) is 26.2 Å². The van der Waals surface area contributed by atoms with Gasteiger partial charge in [-0.2, -0.15) is 0 Å². The lowest BCUT2D eigenvalue weighted by molar-refractivity contribution is 0.0937. The lowest BCUT2D eigenvalue weighted by Gasteiger charge is -2.38. The summed E-state index contributed by atoms with van der Waals surface area (Å²) in [5, 5.41) is 0. The number of benzene rings is 1. The van der Waals surface area contributed by atoms with Gasteiger partial charge in [0.15, 0.2) is 0 Å². The van der Waals surface area contributed by atoms with Gasteiger partial charge in [0.2, 0.25) is 0 Å². The van der Waals surface area contributed by atoms with Crippen LogP contribution in [-0.2, 0) is 6.54 Å². The maximum atomic E-state index is 2.73. The van der Waals surface area contributed by atoms with E-state index in [1.807, 2.05) is 0 Å². The number of nitrogens with zero attached hydrogens (tertiary/aromatic N) is 2. The molecule has 0 N–H and O–H groups in total. The number of piperazine rings is 1. The van der Waals surface area contributed by atoms with E-state index in [0.717, 1.165) is 12.6 Å². The predicted molar refractivity (Wildman–Crippen MR) is 80.3 cm³/mol. The number of hydrogen-bond donors (Lipinski definition) is 0. The zero-order valence-corrected chi connectivity index (χ0v) is 12.1. The Kier molecular flexibility index (Phi) is 4.19. The number of aryl methyl sites for hydroxylation is 1. The second-order valence-corrected chi connectivity index (χ2v) is 6.24. The Labute approximate surface area is 117 Å². The van der Waals surface area contributed by atoms with Gasteiger partial charge in [0.25, 0.3) is 0 Å². The molecule has 0 aromatic heterocycles. The van der Waals surface area contributed by atoms with E-state index < -0.39 is 0 Å². The maximum Gasteiger partial charge on any atom is 0.0234 e. The quantitative estimate of drug-likeness (QED) is 0.822. The number of rotatable bonds is 3. The fraction of sp³-hybridized carbons (Fsp3) is 0.647. The van der Waals surface area contributed by atoms with Crippen molar-refractivity contribution in [1.29, 1.82) is 0 Å². The minimum atomic E-state index is 0.904. The molecular weight excluding hydrogens is 232 g/mol. The third-order valence-electron chi connectivity index (χ3n) is 4.77. The van der Waals surface area contributed by atoms with Gasteiger partial charge in [0, 0.05) is 38.8 Å². The van der Waals surface area contributed by atoms with Gasteiger partial charge in [-0.15, -0.1) is 0 Å². The van der Waals surface area contributed by atoms with Gasteiger partial charge in [-0.1, -0.05) is 42.7 Å². The van der Waals surface area contributed by atoms with Gasteiger partial charge in [0.1, 0.15) is 0 Å². The van der Waals surface area contributed by atoms with Crippen molar-refractivity contribution in [2.24, 2.45) is 0 Å². The molecule has 1 aromatic carbocycles. The highest BCUT2D eigenvalue weighted by Crippen LogP contribution is 2.24. The van der Waals surface area contributed by atoms with Crippen molar-refractivity contribution in [3.8, 4) is 0 Å². The summed E-state index contributed by atoms with van der Waals surface area (Å²) in [4.78, 5) is 5.34. The molecule has 0 amide bonds. The minimum Gasteiger partial charge on any atom is -0.298 e. The van der Waals surface area contributed by atoms with Crippen LogP contribution in [0.2, 0.25) is 0 Å². The molecule has 2 nitrogen and oxygen atoms in total. The molecule has 1 saturated heterocycles. The summed E-state index contributed by atoms with van der Waals surface area (Å²) in [5.74, 6) is 0. The van der Waals surface area contributed by atoms with Crippen LogP contribution in [0.1, 0.15) is 36.8 Å². The third kappa shape index (κ3) is 3.37. The number of hydrogen-bond acceptors (Lipinski definition) is 2. The predicted octanol–water partition coefficient (Wildman–Crippen LogP) is 3.06. The molecule has 1 aliphatic carbocycles. The fourth-order valence-corrected chi connectivity index (χ4v) is 3.51. The van der Waals surface area contributed by atoms with Crippen molar-refractivity contribution in [3.63, 3.8) is 0 Å². The smallest absolute Gasteiger partial charge is 0.0234 e. The van der Waals surface area contributed by atoms with E-state index in [1.165, 1.54) is 63.0 Å². The van der Waals surface area contributed by atoms with Crippen LogP contribution in [0.4, 0.5) is 0 Å². The summed E-state index contributed by atoms with van der Waals surface area (Å²) < 4.78 is 0. The van der Waals surface area contributed by atoms with Gasteiger partial charge >= 0.3 is 0 Å². The van der Waals surface area contributed by atoms with E-state index >= 15 is 0 Å². The molecule has 2 heteroatoms. The van der Waals surface area contributed by atoms with E-state index in [-0.39, 0.29) is 0 Å². The van der Waals surface area contributed by atoms with Gasteiger partial charge in [-0.25, -0.2) is 0 Å². The van der Waals surface area contributed by atoms with Crippen LogP contribution in [0, 0.1) is 6.92 Å². The van der Waals surface area contributed by atoms with Gasteiger partial charge in [-0.05, 0) is 25.3 Å². The van der Waals surface area contributed by atoms with Gasteiger partial charge in [-0.3, -0.25) is 9.80 Å². The lowest BCUT2D eigenvalue weighted by atomic mass is 10.1. The van der Waals surface area contributed by atoms with Gasteiger partial charge < -0.3 is 0 Å². The average Bonchev–Trinajstić information content (AvgIpc) is 2.96. The highest BCUT2D eigenvalue weighted by Gasteiger charge is 2.25. The molecule has 1 heterocycles. The van der Waals surface area contributed by atoms with Crippen LogP contribution >= 0.6 is 0 Å². The molecule has 3 rings (SSSR count). The largest absolute Gasteiger partial charge is 0.298 e. The molecule has 19 heavy (non-hydrogen) atoms. The van der Waals surface area contributed by atoms with Crippen LogP contribution in [0.5, 0.6) is 0 Å². The van der Waals surface area contributed by atoms with E-state index in [4.69, 9.17) is 0 Å². The highest BCUT2D eigenvalue weighted by atomic mass is 15.3. The molecule has 1 aliphatic heterocycles. The zero-order valence-electron chi connectivity index (χ0n) is 12.1. The standard InChI is InChI=1S/C17H26N2/c1-15-6-8-16(9-7-15)14-18-10-12-19(13-11-18)17-4-2-3-5-17/h6-9,17H,2-5,10-14H2,1H3. The van der Waals surface area contributed by atoms with Crippen LogP contribution in [-0.4, -0.2) is 42.0 Å². The monoisotopic (exact) mass is 258 g/mol. The summed E-state index contributed by atoms with van der Waals surface area (Å²) in [6.45, 7) is 8.31. The first-order chi connectivity index (χ1) is 9.31. The van der Waals surface area contributed by atoms with Crippen molar-refractivity contribution in [2.45, 2.75) is 45.2 Å².